The SMILES string of the molecule is C=CCC(C#N)(C=C)C1=CCCCC1. The smallest absolute Gasteiger partial charge is 0.0994 e. The summed E-state index contributed by atoms with van der Waals surface area (Å²) in [4.78, 5) is 0. The molecule has 0 fully saturated rings. The zero-order chi connectivity index (χ0) is 10.4. The number of hydrogen-bond donors (Lipinski definition) is 0. The Kier molecular flexibility index (Phi) is 3.71. The van der Waals surface area contributed by atoms with Gasteiger partial charge < -0.3 is 0 Å². The van der Waals surface area contributed by atoms with Crippen LogP contribution in [0.3, 0.4) is 0 Å². The summed E-state index contributed by atoms with van der Waals surface area (Å²) in [5.41, 5.74) is 0.753. The van der Waals surface area contributed by atoms with E-state index in [2.05, 4.69) is 25.3 Å². The van der Waals surface area contributed by atoms with Gasteiger partial charge in [0.25, 0.3) is 0 Å². The molecule has 0 saturated carbocycles. The molecule has 0 aromatic rings. The van der Waals surface area contributed by atoms with Gasteiger partial charge in [0.15, 0.2) is 0 Å². The van der Waals surface area contributed by atoms with Gasteiger partial charge in [0.1, 0.15) is 0 Å². The molecule has 1 unspecified atom stereocenters. The Morgan fingerprint density at radius 2 is 2.29 bits per heavy atom. The van der Waals surface area contributed by atoms with E-state index in [0.29, 0.717) is 6.42 Å². The lowest BCUT2D eigenvalue weighted by atomic mass is 9.74. The number of allylic oxidation sites excluding steroid dienone is 4. The molecule has 0 radical (unpaired) electrons. The van der Waals surface area contributed by atoms with E-state index < -0.39 is 5.41 Å². The van der Waals surface area contributed by atoms with Crippen LogP contribution in [0, 0.1) is 16.7 Å². The van der Waals surface area contributed by atoms with Crippen LogP contribution < -0.4 is 0 Å². The number of rotatable bonds is 4. The molecule has 1 aliphatic rings. The van der Waals surface area contributed by atoms with Gasteiger partial charge in [-0.2, -0.15) is 5.26 Å². The lowest BCUT2D eigenvalue weighted by Gasteiger charge is -2.27. The summed E-state index contributed by atoms with van der Waals surface area (Å²) in [5, 5.41) is 9.25. The summed E-state index contributed by atoms with van der Waals surface area (Å²) >= 11 is 0. The highest BCUT2D eigenvalue weighted by Crippen LogP contribution is 2.38. The topological polar surface area (TPSA) is 23.8 Å². The van der Waals surface area contributed by atoms with Gasteiger partial charge in [-0.05, 0) is 37.7 Å². The van der Waals surface area contributed by atoms with E-state index >= 15 is 0 Å². The first-order chi connectivity index (χ1) is 6.79. The highest BCUT2D eigenvalue weighted by molar-refractivity contribution is 5.32. The predicted octanol–water partition coefficient (Wildman–Crippen LogP) is 3.76. The normalized spacial score (nSPS) is 20.1. The van der Waals surface area contributed by atoms with Crippen molar-refractivity contribution in [1.82, 2.24) is 0 Å². The van der Waals surface area contributed by atoms with Crippen LogP contribution in [-0.2, 0) is 0 Å². The Balaban J connectivity index is 2.96. The van der Waals surface area contributed by atoms with E-state index in [-0.39, 0.29) is 0 Å². The predicted molar refractivity (Wildman–Crippen MR) is 59.6 cm³/mol. The highest BCUT2D eigenvalue weighted by Gasteiger charge is 2.29. The van der Waals surface area contributed by atoms with E-state index in [1.165, 1.54) is 18.4 Å². The molecule has 0 spiro atoms. The Bertz CT molecular complexity index is 293. The minimum absolute atomic E-state index is 0.484. The van der Waals surface area contributed by atoms with Gasteiger partial charge >= 0.3 is 0 Å². The number of nitrogens with zero attached hydrogens (tertiary/aromatic N) is 1. The van der Waals surface area contributed by atoms with Crippen molar-refractivity contribution < 1.29 is 0 Å². The fourth-order valence-electron chi connectivity index (χ4n) is 1.98. The molecule has 0 N–H and O–H groups in total. The van der Waals surface area contributed by atoms with E-state index in [4.69, 9.17) is 0 Å². The molecular formula is C13H17N. The second kappa shape index (κ2) is 4.81. The molecule has 1 aliphatic carbocycles. The first-order valence-electron chi connectivity index (χ1n) is 5.14. The number of nitriles is 1. The molecule has 0 saturated heterocycles. The Labute approximate surface area is 86.4 Å². The summed E-state index contributed by atoms with van der Waals surface area (Å²) in [5.74, 6) is 0. The number of hydrogen-bond acceptors (Lipinski definition) is 1. The van der Waals surface area contributed by atoms with Crippen molar-refractivity contribution >= 4 is 0 Å². The van der Waals surface area contributed by atoms with Gasteiger partial charge in [-0.1, -0.05) is 18.2 Å². The van der Waals surface area contributed by atoms with E-state index in [9.17, 15) is 5.26 Å². The van der Waals surface area contributed by atoms with Crippen LogP contribution >= 0.6 is 0 Å². The maximum Gasteiger partial charge on any atom is 0.0994 e. The molecule has 1 nitrogen and oxygen atoms in total. The molecule has 1 rings (SSSR count). The Morgan fingerprint density at radius 3 is 2.71 bits per heavy atom. The highest BCUT2D eigenvalue weighted by atomic mass is 14.4. The monoisotopic (exact) mass is 187 g/mol. The third-order valence-corrected chi connectivity index (χ3v) is 2.88. The quantitative estimate of drug-likeness (QED) is 0.615. The molecule has 0 bridgehead atoms. The lowest BCUT2D eigenvalue weighted by molar-refractivity contribution is 0.542. The van der Waals surface area contributed by atoms with Crippen LogP contribution in [-0.4, -0.2) is 0 Å². The van der Waals surface area contributed by atoms with Gasteiger partial charge in [-0.15, -0.1) is 13.2 Å². The van der Waals surface area contributed by atoms with Gasteiger partial charge in [0.05, 0.1) is 11.5 Å². The summed E-state index contributed by atoms with van der Waals surface area (Å²) < 4.78 is 0. The third kappa shape index (κ3) is 1.96. The maximum atomic E-state index is 9.25. The van der Waals surface area contributed by atoms with Crippen molar-refractivity contribution in [3.8, 4) is 6.07 Å². The van der Waals surface area contributed by atoms with Crippen molar-refractivity contribution in [3.63, 3.8) is 0 Å². The Morgan fingerprint density at radius 1 is 1.50 bits per heavy atom. The van der Waals surface area contributed by atoms with Gasteiger partial charge in [-0.3, -0.25) is 0 Å². The van der Waals surface area contributed by atoms with Gasteiger partial charge in [0, 0.05) is 0 Å². The second-order valence-electron chi connectivity index (χ2n) is 3.76. The molecule has 0 aliphatic heterocycles. The zero-order valence-electron chi connectivity index (χ0n) is 8.63. The summed E-state index contributed by atoms with van der Waals surface area (Å²) in [7, 11) is 0. The van der Waals surface area contributed by atoms with Crippen molar-refractivity contribution in [3.05, 3.63) is 37.0 Å². The van der Waals surface area contributed by atoms with E-state index in [0.717, 1.165) is 12.8 Å². The zero-order valence-corrected chi connectivity index (χ0v) is 8.63. The molecule has 14 heavy (non-hydrogen) atoms. The van der Waals surface area contributed by atoms with Crippen LogP contribution in [0.4, 0.5) is 0 Å². The molecule has 74 valence electrons. The average Bonchev–Trinajstić information content (AvgIpc) is 2.27. The summed E-state index contributed by atoms with van der Waals surface area (Å²) in [6.45, 7) is 7.50. The van der Waals surface area contributed by atoms with Crippen LogP contribution in [0.2, 0.25) is 0 Å². The van der Waals surface area contributed by atoms with Crippen molar-refractivity contribution in [1.29, 1.82) is 5.26 Å². The van der Waals surface area contributed by atoms with Crippen molar-refractivity contribution in [2.75, 3.05) is 0 Å². The maximum absolute atomic E-state index is 9.25. The van der Waals surface area contributed by atoms with E-state index in [1.807, 2.05) is 0 Å². The van der Waals surface area contributed by atoms with Crippen LogP contribution in [0.15, 0.2) is 37.0 Å². The van der Waals surface area contributed by atoms with Gasteiger partial charge in [0.2, 0.25) is 0 Å². The summed E-state index contributed by atoms with van der Waals surface area (Å²) in [6, 6.07) is 2.38. The van der Waals surface area contributed by atoms with Crippen molar-refractivity contribution in [2.24, 2.45) is 5.41 Å². The van der Waals surface area contributed by atoms with Crippen LogP contribution in [0.25, 0.3) is 0 Å². The average molecular weight is 187 g/mol. The first-order valence-corrected chi connectivity index (χ1v) is 5.14. The molecule has 1 heteroatoms. The lowest BCUT2D eigenvalue weighted by Crippen LogP contribution is -2.19. The van der Waals surface area contributed by atoms with Crippen molar-refractivity contribution in [2.45, 2.75) is 32.1 Å². The minimum Gasteiger partial charge on any atom is -0.197 e. The fourth-order valence-corrected chi connectivity index (χ4v) is 1.98. The first kappa shape index (κ1) is 10.8. The Hall–Kier alpha value is -1.29. The third-order valence-electron chi connectivity index (χ3n) is 2.88. The largest absolute Gasteiger partial charge is 0.197 e. The standard InChI is InChI=1S/C13H17N/c1-3-10-13(4-2,11-14)12-8-6-5-7-9-12/h3-4,8H,1-2,5-7,9-10H2. The second-order valence-corrected chi connectivity index (χ2v) is 3.76. The fraction of sp³-hybridized carbons (Fsp3) is 0.462. The molecule has 1 atom stereocenters. The molecule has 0 aromatic carbocycles. The van der Waals surface area contributed by atoms with Crippen LogP contribution in [0.5, 0.6) is 0 Å². The van der Waals surface area contributed by atoms with E-state index in [1.54, 1.807) is 12.2 Å². The molecular weight excluding hydrogens is 170 g/mol. The molecule has 0 aromatic heterocycles. The van der Waals surface area contributed by atoms with Crippen LogP contribution in [0.1, 0.15) is 32.1 Å². The minimum atomic E-state index is -0.484. The van der Waals surface area contributed by atoms with Gasteiger partial charge in [-0.25, -0.2) is 0 Å². The summed E-state index contributed by atoms with van der Waals surface area (Å²) in [6.07, 6.45) is 11.0. The molecule has 0 amide bonds. The molecule has 0 heterocycles.